The zero-order valence-electron chi connectivity index (χ0n) is 21.4. The van der Waals surface area contributed by atoms with Crippen LogP contribution in [0.3, 0.4) is 0 Å². The number of carbonyl (C=O) groups is 2. The Morgan fingerprint density at radius 1 is 1.06 bits per heavy atom. The summed E-state index contributed by atoms with van der Waals surface area (Å²) in [6.45, 7) is 18.6. The van der Waals surface area contributed by atoms with Crippen LogP contribution in [0, 0.1) is 8.99 Å². The molecule has 2 rings (SSSR count). The average Bonchev–Trinajstić information content (AvgIpc) is 2.80. The third-order valence-corrected chi connectivity index (χ3v) is 7.42. The van der Waals surface area contributed by atoms with Gasteiger partial charge in [0.05, 0.1) is 11.2 Å². The van der Waals surface area contributed by atoms with E-state index in [2.05, 4.69) is 27.9 Å². The maximum absolute atomic E-state index is 12.6. The number of rotatable bonds is 5. The summed E-state index contributed by atoms with van der Waals surface area (Å²) in [5, 5.41) is 13.0. The van der Waals surface area contributed by atoms with E-state index in [9.17, 15) is 14.7 Å². The first-order chi connectivity index (χ1) is 14.7. The lowest BCUT2D eigenvalue weighted by atomic mass is 9.69. The fourth-order valence-corrected chi connectivity index (χ4v) is 4.27. The van der Waals surface area contributed by atoms with E-state index in [0.29, 0.717) is 0 Å². The Hall–Kier alpha value is -1.33. The van der Waals surface area contributed by atoms with Gasteiger partial charge in [-0.3, -0.25) is 0 Å². The first kappa shape index (κ1) is 27.9. The minimum Gasteiger partial charge on any atom is -0.479 e. The van der Waals surface area contributed by atoms with Crippen molar-refractivity contribution >= 4 is 47.2 Å². The van der Waals surface area contributed by atoms with E-state index in [1.165, 1.54) is 0 Å². The van der Waals surface area contributed by atoms with Crippen LogP contribution in [0.2, 0.25) is 0 Å². The number of benzene rings is 1. The lowest BCUT2D eigenvalue weighted by Crippen LogP contribution is -2.64. The van der Waals surface area contributed by atoms with Gasteiger partial charge in [0.1, 0.15) is 11.1 Å². The Morgan fingerprint density at radius 2 is 1.58 bits per heavy atom. The summed E-state index contributed by atoms with van der Waals surface area (Å²) in [7, 11) is -0.510. The minimum absolute atomic E-state index is 0.0903. The highest BCUT2D eigenvalue weighted by atomic mass is 127. The van der Waals surface area contributed by atoms with Crippen LogP contribution in [-0.4, -0.2) is 46.6 Å². The van der Waals surface area contributed by atoms with Gasteiger partial charge in [0.2, 0.25) is 0 Å². The fraction of sp³-hybridized carbons (Fsp3) is 0.667. The quantitative estimate of drug-likeness (QED) is 0.398. The van der Waals surface area contributed by atoms with Crippen LogP contribution >= 0.6 is 22.6 Å². The van der Waals surface area contributed by atoms with Gasteiger partial charge in [-0.15, -0.1) is 0 Å². The molecule has 0 bridgehead atoms. The molecule has 1 aliphatic rings. The Labute approximate surface area is 211 Å². The molecule has 33 heavy (non-hydrogen) atoms. The van der Waals surface area contributed by atoms with Crippen molar-refractivity contribution in [3.63, 3.8) is 0 Å². The molecule has 0 radical (unpaired) electrons. The van der Waals surface area contributed by atoms with Crippen molar-refractivity contribution in [2.45, 2.75) is 98.0 Å². The van der Waals surface area contributed by atoms with Crippen LogP contribution in [0.15, 0.2) is 18.2 Å². The molecule has 1 fully saturated rings. The lowest BCUT2D eigenvalue weighted by Gasteiger charge is -2.42. The molecule has 0 spiro atoms. The highest BCUT2D eigenvalue weighted by Crippen LogP contribution is 2.38. The first-order valence-electron chi connectivity index (χ1n) is 11.1. The summed E-state index contributed by atoms with van der Waals surface area (Å²) in [4.78, 5) is 25.2. The van der Waals surface area contributed by atoms with Gasteiger partial charge in [-0.25, -0.2) is 9.59 Å². The molecule has 0 aliphatic carbocycles. The smallest absolute Gasteiger partial charge is 0.479 e. The van der Waals surface area contributed by atoms with Gasteiger partial charge in [-0.05, 0) is 93.6 Å². The number of hydrogen-bond acceptors (Lipinski definition) is 5. The van der Waals surface area contributed by atoms with Crippen molar-refractivity contribution in [1.82, 2.24) is 5.32 Å². The van der Waals surface area contributed by atoms with Crippen molar-refractivity contribution in [2.75, 3.05) is 0 Å². The van der Waals surface area contributed by atoms with Crippen LogP contribution in [0.1, 0.15) is 74.8 Å². The van der Waals surface area contributed by atoms with E-state index in [-0.39, 0.29) is 6.42 Å². The molecule has 1 heterocycles. The Morgan fingerprint density at radius 3 is 1.97 bits per heavy atom. The van der Waals surface area contributed by atoms with E-state index in [0.717, 1.165) is 14.6 Å². The maximum Gasteiger partial charge on any atom is 0.494 e. The van der Waals surface area contributed by atoms with Gasteiger partial charge in [-0.1, -0.05) is 32.9 Å². The van der Waals surface area contributed by atoms with Crippen molar-refractivity contribution in [2.24, 2.45) is 5.41 Å². The number of carboxylic acids is 1. The summed E-state index contributed by atoms with van der Waals surface area (Å²) in [5.41, 5.74) is -2.38. The molecule has 0 saturated carbocycles. The number of hydrogen-bond donors (Lipinski definition) is 2. The lowest BCUT2D eigenvalue weighted by molar-refractivity contribution is -0.150. The zero-order chi connectivity index (χ0) is 25.6. The molecule has 1 amide bonds. The number of halogens is 1. The SMILES string of the molecule is CC(C)(C)OC(=O)NC(Cc1ccc(B2OC(C)(C)C(C)(C)O2)cc1I)(C(=O)O)C(C)(C)C. The summed E-state index contributed by atoms with van der Waals surface area (Å²) < 4.78 is 18.5. The molecular weight excluding hydrogens is 536 g/mol. The number of carbonyl (C=O) groups excluding carboxylic acids is 1. The van der Waals surface area contributed by atoms with Crippen molar-refractivity contribution in [3.05, 3.63) is 27.3 Å². The van der Waals surface area contributed by atoms with Crippen LogP contribution < -0.4 is 10.8 Å². The molecule has 2 N–H and O–H groups in total. The second-order valence-electron chi connectivity index (χ2n) is 11.7. The molecule has 9 heteroatoms. The van der Waals surface area contributed by atoms with E-state index in [4.69, 9.17) is 14.0 Å². The van der Waals surface area contributed by atoms with Crippen LogP contribution in [0.5, 0.6) is 0 Å². The third kappa shape index (κ3) is 6.03. The number of amides is 1. The van der Waals surface area contributed by atoms with Crippen molar-refractivity contribution < 1.29 is 28.7 Å². The first-order valence-corrected chi connectivity index (χ1v) is 12.2. The molecule has 1 aromatic rings. The van der Waals surface area contributed by atoms with Gasteiger partial charge in [0.25, 0.3) is 0 Å². The highest BCUT2D eigenvalue weighted by molar-refractivity contribution is 14.1. The zero-order valence-corrected chi connectivity index (χ0v) is 23.5. The largest absolute Gasteiger partial charge is 0.494 e. The summed E-state index contributed by atoms with van der Waals surface area (Å²) in [6, 6.07) is 5.71. The second-order valence-corrected chi connectivity index (χ2v) is 12.9. The third-order valence-electron chi connectivity index (χ3n) is 6.42. The molecule has 7 nitrogen and oxygen atoms in total. The number of carboxylic acid groups (broad SMARTS) is 1. The van der Waals surface area contributed by atoms with Gasteiger partial charge in [0, 0.05) is 9.99 Å². The highest BCUT2D eigenvalue weighted by Gasteiger charge is 2.53. The normalized spacial score (nSPS) is 19.7. The molecule has 1 atom stereocenters. The van der Waals surface area contributed by atoms with E-state index in [1.807, 2.05) is 45.9 Å². The summed E-state index contributed by atoms with van der Waals surface area (Å²) in [5.74, 6) is -1.12. The summed E-state index contributed by atoms with van der Waals surface area (Å²) in [6.07, 6.45) is -0.670. The van der Waals surface area contributed by atoms with E-state index >= 15 is 0 Å². The molecule has 1 unspecified atom stereocenters. The van der Waals surface area contributed by atoms with Gasteiger partial charge in [0.15, 0.2) is 0 Å². The van der Waals surface area contributed by atoms with Gasteiger partial charge in [-0.2, -0.15) is 0 Å². The number of alkyl carbamates (subject to hydrolysis) is 1. The number of nitrogens with one attached hydrogen (secondary N) is 1. The standard InChI is InChI=1S/C24H37BINO6/c1-20(2,3)24(18(28)29,27-19(30)31-21(4,5)6)14-15-11-12-16(13-17(15)26)25-32-22(7,8)23(9,10)33-25/h11-13H,14H2,1-10H3,(H,27,30)(H,28,29). The van der Waals surface area contributed by atoms with E-state index < -0.39 is 46.9 Å². The second kappa shape index (κ2) is 9.04. The Bertz CT molecular complexity index is 903. The predicted molar refractivity (Wildman–Crippen MR) is 138 cm³/mol. The molecule has 1 aliphatic heterocycles. The molecule has 1 aromatic carbocycles. The maximum atomic E-state index is 12.6. The summed E-state index contributed by atoms with van der Waals surface area (Å²) >= 11 is 2.19. The monoisotopic (exact) mass is 573 g/mol. The molecular formula is C24H37BINO6. The topological polar surface area (TPSA) is 94.1 Å². The Kier molecular flexibility index (Phi) is 7.64. The van der Waals surface area contributed by atoms with Crippen LogP contribution in [0.4, 0.5) is 4.79 Å². The van der Waals surface area contributed by atoms with Crippen LogP contribution in [-0.2, 0) is 25.3 Å². The van der Waals surface area contributed by atoms with Crippen LogP contribution in [0.25, 0.3) is 0 Å². The van der Waals surface area contributed by atoms with Crippen molar-refractivity contribution in [3.8, 4) is 0 Å². The average molecular weight is 573 g/mol. The predicted octanol–water partition coefficient (Wildman–Crippen LogP) is 4.53. The molecule has 184 valence electrons. The van der Waals surface area contributed by atoms with Gasteiger partial charge < -0.3 is 24.5 Å². The van der Waals surface area contributed by atoms with Gasteiger partial charge >= 0.3 is 19.2 Å². The number of aliphatic carboxylic acids is 1. The Balaban J connectivity index is 2.39. The van der Waals surface area contributed by atoms with E-state index in [1.54, 1.807) is 41.5 Å². The van der Waals surface area contributed by atoms with Crippen molar-refractivity contribution in [1.29, 1.82) is 0 Å². The molecule has 1 saturated heterocycles. The fourth-order valence-electron chi connectivity index (χ4n) is 3.54. The molecule has 0 aromatic heterocycles. The minimum atomic E-state index is -1.58. The number of ether oxygens (including phenoxy) is 1.